The Morgan fingerprint density at radius 3 is 2.70 bits per heavy atom. The lowest BCUT2D eigenvalue weighted by atomic mass is 9.96. The summed E-state index contributed by atoms with van der Waals surface area (Å²) in [4.78, 5) is 16.7. The molecule has 1 unspecified atom stereocenters. The van der Waals surface area contributed by atoms with E-state index in [0.29, 0.717) is 6.54 Å². The number of aryl methyl sites for hydroxylation is 1. The van der Waals surface area contributed by atoms with Gasteiger partial charge in [-0.15, -0.1) is 11.3 Å². The zero-order valence-corrected chi connectivity index (χ0v) is 16.0. The van der Waals surface area contributed by atoms with Gasteiger partial charge in [-0.1, -0.05) is 36.4 Å². The van der Waals surface area contributed by atoms with Gasteiger partial charge in [0.2, 0.25) is 0 Å². The molecule has 0 saturated heterocycles. The lowest BCUT2D eigenvalue weighted by molar-refractivity contribution is 0.250. The molecule has 0 radical (unpaired) electrons. The molecule has 0 aliphatic carbocycles. The largest absolute Gasteiger partial charge is 0.336 e. The van der Waals surface area contributed by atoms with E-state index < -0.39 is 0 Å². The number of nitrogens with zero attached hydrogens (tertiary/aromatic N) is 1. The number of rotatable bonds is 4. The number of carbonyl (C=O) groups excluding carboxylic acids is 1. The monoisotopic (exact) mass is 378 g/mol. The SMILES string of the molecule is Cc1nc(-c2ccc(NC(=O)NCC3Cc4ccccc4CN3)cc2)cs1. The fourth-order valence-electron chi connectivity index (χ4n) is 3.28. The van der Waals surface area contributed by atoms with Crippen molar-refractivity contribution in [3.8, 4) is 11.3 Å². The van der Waals surface area contributed by atoms with Crippen molar-refractivity contribution in [2.24, 2.45) is 0 Å². The molecule has 1 aliphatic rings. The number of carbonyl (C=O) groups is 1. The predicted octanol–water partition coefficient (Wildman–Crippen LogP) is 3.95. The number of aromatic nitrogens is 1. The van der Waals surface area contributed by atoms with Crippen LogP contribution in [0.15, 0.2) is 53.9 Å². The third-order valence-corrected chi connectivity index (χ3v) is 5.51. The van der Waals surface area contributed by atoms with Gasteiger partial charge in [-0.2, -0.15) is 0 Å². The maximum Gasteiger partial charge on any atom is 0.319 e. The van der Waals surface area contributed by atoms with Crippen LogP contribution in [0.4, 0.5) is 10.5 Å². The molecule has 5 nitrogen and oxygen atoms in total. The molecule has 27 heavy (non-hydrogen) atoms. The normalized spacial score (nSPS) is 15.8. The number of benzene rings is 2. The van der Waals surface area contributed by atoms with E-state index in [1.807, 2.05) is 36.6 Å². The summed E-state index contributed by atoms with van der Waals surface area (Å²) in [6.45, 7) is 3.44. The Balaban J connectivity index is 1.28. The second kappa shape index (κ2) is 7.90. The summed E-state index contributed by atoms with van der Waals surface area (Å²) in [6.07, 6.45) is 0.929. The molecule has 6 heteroatoms. The first-order valence-electron chi connectivity index (χ1n) is 9.05. The van der Waals surface area contributed by atoms with E-state index in [1.54, 1.807) is 11.3 Å². The highest BCUT2D eigenvalue weighted by molar-refractivity contribution is 7.09. The van der Waals surface area contributed by atoms with E-state index in [2.05, 4.69) is 45.2 Å². The first-order chi connectivity index (χ1) is 13.2. The number of fused-ring (bicyclic) bond motifs is 1. The van der Waals surface area contributed by atoms with Crippen molar-refractivity contribution < 1.29 is 4.79 Å². The predicted molar refractivity (Wildman–Crippen MR) is 110 cm³/mol. The van der Waals surface area contributed by atoms with Crippen LogP contribution in [0.2, 0.25) is 0 Å². The topological polar surface area (TPSA) is 66.0 Å². The highest BCUT2D eigenvalue weighted by Gasteiger charge is 2.17. The second-order valence-corrected chi connectivity index (χ2v) is 7.78. The van der Waals surface area contributed by atoms with Crippen molar-refractivity contribution in [2.75, 3.05) is 11.9 Å². The number of hydrogen-bond acceptors (Lipinski definition) is 4. The Kier molecular flexibility index (Phi) is 5.18. The number of amides is 2. The van der Waals surface area contributed by atoms with Gasteiger partial charge in [0.1, 0.15) is 0 Å². The molecule has 1 atom stereocenters. The molecule has 0 bridgehead atoms. The van der Waals surface area contributed by atoms with Crippen LogP contribution in [0.5, 0.6) is 0 Å². The molecule has 2 amide bonds. The number of anilines is 1. The standard InChI is InChI=1S/C21H22N4OS/c1-14-24-20(13-27-14)15-6-8-18(9-7-15)25-21(26)23-12-19-10-16-4-2-3-5-17(16)11-22-19/h2-9,13,19,22H,10-12H2,1H3,(H2,23,25,26). The van der Waals surface area contributed by atoms with Gasteiger partial charge in [0.25, 0.3) is 0 Å². The van der Waals surface area contributed by atoms with Crippen LogP contribution in [0.1, 0.15) is 16.1 Å². The first kappa shape index (κ1) is 17.7. The summed E-state index contributed by atoms with van der Waals surface area (Å²) in [5.41, 5.74) is 5.49. The zero-order chi connectivity index (χ0) is 18.6. The number of thiazole rings is 1. The number of hydrogen-bond donors (Lipinski definition) is 3. The van der Waals surface area contributed by atoms with E-state index in [9.17, 15) is 4.79 Å². The van der Waals surface area contributed by atoms with Crippen LogP contribution in [0.25, 0.3) is 11.3 Å². The van der Waals surface area contributed by atoms with Gasteiger partial charge in [0.15, 0.2) is 0 Å². The van der Waals surface area contributed by atoms with E-state index in [4.69, 9.17) is 0 Å². The molecule has 3 aromatic rings. The number of nitrogens with one attached hydrogen (secondary N) is 3. The Bertz CT molecular complexity index is 935. The molecule has 4 rings (SSSR count). The maximum absolute atomic E-state index is 12.2. The fraction of sp³-hybridized carbons (Fsp3) is 0.238. The van der Waals surface area contributed by atoms with E-state index in [1.165, 1.54) is 11.1 Å². The third kappa shape index (κ3) is 4.35. The molecular formula is C21H22N4OS. The van der Waals surface area contributed by atoms with Crippen molar-refractivity contribution in [1.29, 1.82) is 0 Å². The van der Waals surface area contributed by atoms with Gasteiger partial charge in [-0.05, 0) is 36.6 Å². The molecule has 1 aliphatic heterocycles. The Morgan fingerprint density at radius 2 is 1.96 bits per heavy atom. The van der Waals surface area contributed by atoms with Crippen LogP contribution >= 0.6 is 11.3 Å². The summed E-state index contributed by atoms with van der Waals surface area (Å²) >= 11 is 1.63. The fourth-order valence-corrected chi connectivity index (χ4v) is 3.90. The minimum absolute atomic E-state index is 0.187. The van der Waals surface area contributed by atoms with Crippen molar-refractivity contribution in [2.45, 2.75) is 25.9 Å². The van der Waals surface area contributed by atoms with Gasteiger partial charge in [0.05, 0.1) is 10.7 Å². The van der Waals surface area contributed by atoms with Crippen LogP contribution in [0, 0.1) is 6.92 Å². The maximum atomic E-state index is 12.2. The second-order valence-electron chi connectivity index (χ2n) is 6.71. The van der Waals surface area contributed by atoms with Crippen molar-refractivity contribution in [3.63, 3.8) is 0 Å². The summed E-state index contributed by atoms with van der Waals surface area (Å²) in [6, 6.07) is 16.3. The van der Waals surface area contributed by atoms with Crippen LogP contribution in [-0.4, -0.2) is 23.6 Å². The van der Waals surface area contributed by atoms with Crippen molar-refractivity contribution >= 4 is 23.1 Å². The highest BCUT2D eigenvalue weighted by Crippen LogP contribution is 2.23. The lowest BCUT2D eigenvalue weighted by Gasteiger charge is -2.26. The van der Waals surface area contributed by atoms with E-state index in [0.717, 1.165) is 34.9 Å². The summed E-state index contributed by atoms with van der Waals surface area (Å²) in [5.74, 6) is 0. The molecule has 1 aromatic heterocycles. The van der Waals surface area contributed by atoms with Gasteiger partial charge in [0, 0.05) is 35.8 Å². The van der Waals surface area contributed by atoms with Gasteiger partial charge in [-0.3, -0.25) is 0 Å². The average Bonchev–Trinajstić information content (AvgIpc) is 3.13. The summed E-state index contributed by atoms with van der Waals surface area (Å²) in [7, 11) is 0. The molecular weight excluding hydrogens is 356 g/mol. The Hall–Kier alpha value is -2.70. The van der Waals surface area contributed by atoms with Crippen LogP contribution in [0.3, 0.4) is 0 Å². The highest BCUT2D eigenvalue weighted by atomic mass is 32.1. The summed E-state index contributed by atoms with van der Waals surface area (Å²) < 4.78 is 0. The van der Waals surface area contributed by atoms with Crippen molar-refractivity contribution in [3.05, 3.63) is 70.0 Å². The van der Waals surface area contributed by atoms with Gasteiger partial charge < -0.3 is 16.0 Å². The molecule has 0 saturated carbocycles. The van der Waals surface area contributed by atoms with Crippen molar-refractivity contribution in [1.82, 2.24) is 15.6 Å². The van der Waals surface area contributed by atoms with Crippen LogP contribution in [-0.2, 0) is 13.0 Å². The minimum atomic E-state index is -0.187. The van der Waals surface area contributed by atoms with Gasteiger partial charge in [-0.25, -0.2) is 9.78 Å². The summed E-state index contributed by atoms with van der Waals surface area (Å²) in [5, 5.41) is 12.4. The first-order valence-corrected chi connectivity index (χ1v) is 9.93. The van der Waals surface area contributed by atoms with Crippen LogP contribution < -0.4 is 16.0 Å². The lowest BCUT2D eigenvalue weighted by Crippen LogP contribution is -2.45. The van der Waals surface area contributed by atoms with E-state index >= 15 is 0 Å². The molecule has 0 spiro atoms. The average molecular weight is 379 g/mol. The molecule has 2 aromatic carbocycles. The molecule has 3 N–H and O–H groups in total. The van der Waals surface area contributed by atoms with E-state index in [-0.39, 0.29) is 12.1 Å². The Morgan fingerprint density at radius 1 is 1.19 bits per heavy atom. The minimum Gasteiger partial charge on any atom is -0.336 e. The molecule has 138 valence electrons. The quantitative estimate of drug-likeness (QED) is 0.644. The Labute approximate surface area is 162 Å². The molecule has 0 fully saturated rings. The third-order valence-electron chi connectivity index (χ3n) is 4.73. The zero-order valence-electron chi connectivity index (χ0n) is 15.2. The van der Waals surface area contributed by atoms with Gasteiger partial charge >= 0.3 is 6.03 Å². The smallest absolute Gasteiger partial charge is 0.319 e. The number of urea groups is 1. The molecule has 2 heterocycles.